The van der Waals surface area contributed by atoms with Crippen LogP contribution in [0.1, 0.15) is 71.2 Å². The molecule has 1 aliphatic rings. The van der Waals surface area contributed by atoms with Crippen LogP contribution in [0.5, 0.6) is 0 Å². The Bertz CT molecular complexity index is 1280. The van der Waals surface area contributed by atoms with Gasteiger partial charge in [0.2, 0.25) is 0 Å². The highest BCUT2D eigenvalue weighted by molar-refractivity contribution is 7.92. The van der Waals surface area contributed by atoms with Crippen LogP contribution >= 0.6 is 23.2 Å². The zero-order valence-corrected chi connectivity index (χ0v) is 24.8. The predicted molar refractivity (Wildman–Crippen MR) is 149 cm³/mol. The van der Waals surface area contributed by atoms with E-state index in [1.54, 1.807) is 69.3 Å². The molecule has 0 aromatic heterocycles. The molecule has 0 saturated carbocycles. The molecule has 0 spiro atoms. The first-order valence-corrected chi connectivity index (χ1v) is 14.8. The summed E-state index contributed by atoms with van der Waals surface area (Å²) in [6.07, 6.45) is -2.70. The van der Waals surface area contributed by atoms with Crippen molar-refractivity contribution in [3.8, 4) is 0 Å². The van der Waals surface area contributed by atoms with E-state index in [1.807, 2.05) is 20.8 Å². The maximum absolute atomic E-state index is 14.1. The first-order chi connectivity index (χ1) is 17.4. The average Bonchev–Trinajstić information content (AvgIpc) is 2.78. The monoisotopic (exact) mass is 583 g/mol. The number of benzene rings is 2. The lowest BCUT2D eigenvalue weighted by Gasteiger charge is -2.51. The van der Waals surface area contributed by atoms with Gasteiger partial charge >= 0.3 is 5.97 Å². The zero-order valence-electron chi connectivity index (χ0n) is 22.4. The van der Waals surface area contributed by atoms with Gasteiger partial charge in [0.05, 0.1) is 29.0 Å². The van der Waals surface area contributed by atoms with Gasteiger partial charge < -0.3 is 14.7 Å². The van der Waals surface area contributed by atoms with Gasteiger partial charge in [-0.05, 0) is 61.6 Å². The fraction of sp³-hybridized carbons (Fsp3) is 0.500. The first-order valence-electron chi connectivity index (χ1n) is 12.3. The third-order valence-corrected chi connectivity index (χ3v) is 9.93. The number of sulfone groups is 1. The number of carbonyl (C=O) groups excluding carboxylic acids is 1. The van der Waals surface area contributed by atoms with Crippen molar-refractivity contribution in [2.75, 3.05) is 5.75 Å². The van der Waals surface area contributed by atoms with Crippen LogP contribution < -0.4 is 0 Å². The van der Waals surface area contributed by atoms with Crippen LogP contribution in [0.25, 0.3) is 0 Å². The minimum Gasteiger partial charge on any atom is -0.481 e. The number of rotatable bonds is 7. The summed E-state index contributed by atoms with van der Waals surface area (Å²) in [5.74, 6) is -2.08. The van der Waals surface area contributed by atoms with Gasteiger partial charge in [-0.25, -0.2) is 8.42 Å². The Morgan fingerprint density at radius 2 is 1.61 bits per heavy atom. The van der Waals surface area contributed by atoms with Crippen molar-refractivity contribution >= 4 is 44.9 Å². The molecule has 2 aromatic carbocycles. The number of nitrogens with zero attached hydrogens (tertiary/aromatic N) is 1. The van der Waals surface area contributed by atoms with Crippen LogP contribution in [-0.2, 0) is 24.2 Å². The van der Waals surface area contributed by atoms with Gasteiger partial charge in [0, 0.05) is 10.0 Å². The van der Waals surface area contributed by atoms with E-state index in [1.165, 1.54) is 4.90 Å². The summed E-state index contributed by atoms with van der Waals surface area (Å²) in [6.45, 7) is 10.5. The van der Waals surface area contributed by atoms with Crippen LogP contribution in [0.3, 0.4) is 0 Å². The molecule has 3 rings (SSSR count). The molecule has 4 atom stereocenters. The van der Waals surface area contributed by atoms with Crippen molar-refractivity contribution in [1.29, 1.82) is 0 Å². The fourth-order valence-corrected chi connectivity index (χ4v) is 6.45. The lowest BCUT2D eigenvalue weighted by atomic mass is 9.82. The molecule has 208 valence electrons. The molecular formula is C28H35Cl2NO6S. The second-order valence-electron chi connectivity index (χ2n) is 11.7. The number of carboxylic acid groups (broad SMARTS) is 1. The smallest absolute Gasteiger partial charge is 0.306 e. The molecule has 0 unspecified atom stereocenters. The maximum Gasteiger partial charge on any atom is 0.306 e. The van der Waals surface area contributed by atoms with E-state index < -0.39 is 62.6 Å². The quantitative estimate of drug-likeness (QED) is 0.422. The Morgan fingerprint density at radius 1 is 1.00 bits per heavy atom. The van der Waals surface area contributed by atoms with Gasteiger partial charge in [-0.15, -0.1) is 0 Å². The molecule has 7 nitrogen and oxygen atoms in total. The minimum atomic E-state index is -3.69. The van der Waals surface area contributed by atoms with E-state index >= 15 is 0 Å². The predicted octanol–water partition coefficient (Wildman–Crippen LogP) is 6.11. The Hall–Kier alpha value is -2.13. The minimum absolute atomic E-state index is 0.308. The topological polar surface area (TPSA) is 101 Å². The number of hydrogen-bond acceptors (Lipinski definition) is 5. The first kappa shape index (κ1) is 30.4. The summed E-state index contributed by atoms with van der Waals surface area (Å²) >= 11 is 12.5. The third-order valence-electron chi connectivity index (χ3n) is 6.82. The standard InChI is InChI=1S/C28H35Cl2NO6S/c1-27(2,3)22(16-38(35,36)28(4,5)6)31-24(17-10-12-19(29)13-11-17)25(18-8-7-9-20(30)14-18)37-21(26(31)34)15-23(32)33/h7-14,21-22,24-25H,15-16H2,1-6H3,(H,32,33)/t21-,22+,24+,25+/m0/s1. The molecule has 0 bridgehead atoms. The molecule has 1 amide bonds. The SMILES string of the molecule is CC(C)(C)[C@@H](CS(=O)(=O)C(C)(C)C)N1C(=O)[C@H](CC(=O)O)O[C@H](c2cccc(Cl)c2)[C@H]1c1ccc(Cl)cc1. The second kappa shape index (κ2) is 11.2. The summed E-state index contributed by atoms with van der Waals surface area (Å²) in [4.78, 5) is 27.4. The lowest BCUT2D eigenvalue weighted by Crippen LogP contribution is -2.60. The molecule has 1 heterocycles. The fourth-order valence-electron chi connectivity index (χ4n) is 4.55. The van der Waals surface area contributed by atoms with Crippen molar-refractivity contribution in [3.05, 3.63) is 69.7 Å². The Balaban J connectivity index is 2.30. The van der Waals surface area contributed by atoms with Gasteiger partial charge in [0.1, 0.15) is 12.2 Å². The molecule has 1 fully saturated rings. The van der Waals surface area contributed by atoms with Gasteiger partial charge in [-0.3, -0.25) is 9.59 Å². The van der Waals surface area contributed by atoms with E-state index in [9.17, 15) is 23.1 Å². The zero-order chi connectivity index (χ0) is 28.6. The van der Waals surface area contributed by atoms with Crippen LogP contribution in [0, 0.1) is 5.41 Å². The molecule has 0 aliphatic carbocycles. The largest absolute Gasteiger partial charge is 0.481 e. The Labute approximate surface area is 235 Å². The van der Waals surface area contributed by atoms with Crippen LogP contribution in [0.4, 0.5) is 0 Å². The maximum atomic E-state index is 14.1. The highest BCUT2D eigenvalue weighted by Gasteiger charge is 2.51. The molecule has 1 N–H and O–H groups in total. The van der Waals surface area contributed by atoms with Gasteiger partial charge in [0.25, 0.3) is 5.91 Å². The number of hydrogen-bond donors (Lipinski definition) is 1. The van der Waals surface area contributed by atoms with Crippen LogP contribution in [0.2, 0.25) is 10.0 Å². The number of morpholine rings is 1. The van der Waals surface area contributed by atoms with Gasteiger partial charge in [0.15, 0.2) is 9.84 Å². The van der Waals surface area contributed by atoms with E-state index in [-0.39, 0.29) is 5.75 Å². The van der Waals surface area contributed by atoms with Crippen molar-refractivity contribution in [2.24, 2.45) is 5.41 Å². The molecule has 10 heteroatoms. The van der Waals surface area contributed by atoms with Crippen molar-refractivity contribution in [3.63, 3.8) is 0 Å². The number of carboxylic acids is 1. The van der Waals surface area contributed by atoms with Gasteiger partial charge in [-0.1, -0.05) is 68.2 Å². The van der Waals surface area contributed by atoms with E-state index in [0.29, 0.717) is 21.2 Å². The summed E-state index contributed by atoms with van der Waals surface area (Å²) < 4.78 is 32.2. The molecule has 2 aromatic rings. The summed E-state index contributed by atoms with van der Waals surface area (Å²) in [5.41, 5.74) is 0.614. The van der Waals surface area contributed by atoms with Crippen molar-refractivity contribution in [1.82, 2.24) is 4.90 Å². The van der Waals surface area contributed by atoms with Crippen molar-refractivity contribution in [2.45, 2.75) is 77.0 Å². The van der Waals surface area contributed by atoms with E-state index in [4.69, 9.17) is 27.9 Å². The number of aliphatic carboxylic acids is 1. The molecule has 1 aliphatic heterocycles. The average molecular weight is 585 g/mol. The lowest BCUT2D eigenvalue weighted by molar-refractivity contribution is -0.186. The number of amides is 1. The molecular weight excluding hydrogens is 549 g/mol. The highest BCUT2D eigenvalue weighted by atomic mass is 35.5. The summed E-state index contributed by atoms with van der Waals surface area (Å²) in [5, 5.41) is 10.5. The summed E-state index contributed by atoms with van der Waals surface area (Å²) in [6, 6.07) is 12.3. The number of carbonyl (C=O) groups is 2. The number of halogens is 2. The number of ether oxygens (including phenoxy) is 1. The molecule has 0 radical (unpaired) electrons. The second-order valence-corrected chi connectivity index (χ2v) is 15.4. The van der Waals surface area contributed by atoms with Crippen molar-refractivity contribution < 1.29 is 27.9 Å². The van der Waals surface area contributed by atoms with E-state index in [2.05, 4.69) is 0 Å². The summed E-state index contributed by atoms with van der Waals surface area (Å²) in [7, 11) is -3.69. The third kappa shape index (κ3) is 6.71. The Kier molecular flexibility index (Phi) is 8.93. The van der Waals surface area contributed by atoms with Gasteiger partial charge in [-0.2, -0.15) is 0 Å². The molecule has 1 saturated heterocycles. The van der Waals surface area contributed by atoms with Crippen LogP contribution in [0.15, 0.2) is 48.5 Å². The Morgan fingerprint density at radius 3 is 2.11 bits per heavy atom. The highest BCUT2D eigenvalue weighted by Crippen LogP contribution is 2.47. The van der Waals surface area contributed by atoms with Crippen LogP contribution in [-0.4, -0.2) is 52.9 Å². The van der Waals surface area contributed by atoms with E-state index in [0.717, 1.165) is 0 Å². The normalized spacial score (nSPS) is 21.8. The molecule has 38 heavy (non-hydrogen) atoms.